The van der Waals surface area contributed by atoms with Crippen LogP contribution in [0.4, 0.5) is 11.9 Å². The molecule has 0 bridgehead atoms. The van der Waals surface area contributed by atoms with E-state index in [9.17, 15) is 0 Å². The lowest BCUT2D eigenvalue weighted by atomic mass is 10.2. The third-order valence-corrected chi connectivity index (χ3v) is 2.83. The molecule has 0 saturated heterocycles. The Balaban J connectivity index is 2.06. The summed E-state index contributed by atoms with van der Waals surface area (Å²) in [6, 6.07) is 0.244. The Kier molecular flexibility index (Phi) is 4.91. The lowest BCUT2D eigenvalue weighted by molar-refractivity contribution is 0.292. The summed E-state index contributed by atoms with van der Waals surface area (Å²) in [6.45, 7) is 5.21. The van der Waals surface area contributed by atoms with Crippen LogP contribution in [0.3, 0.4) is 0 Å². The van der Waals surface area contributed by atoms with Crippen molar-refractivity contribution in [2.45, 2.75) is 33.2 Å². The Morgan fingerprint density at radius 2 is 2.10 bits per heavy atom. The zero-order valence-electron chi connectivity index (χ0n) is 12.6. The van der Waals surface area contributed by atoms with Gasteiger partial charge in [-0.25, -0.2) is 0 Å². The van der Waals surface area contributed by atoms with E-state index in [0.29, 0.717) is 19.1 Å². The summed E-state index contributed by atoms with van der Waals surface area (Å²) in [7, 11) is 1.90. The molecule has 2 aromatic heterocycles. The topological polar surface area (TPSA) is 104 Å². The molecule has 0 aliphatic carbocycles. The molecule has 3 N–H and O–H groups in total. The van der Waals surface area contributed by atoms with Crippen molar-refractivity contribution in [2.75, 3.05) is 17.7 Å². The van der Waals surface area contributed by atoms with E-state index in [2.05, 4.69) is 32.3 Å². The van der Waals surface area contributed by atoms with Gasteiger partial charge in [-0.15, -0.1) is 0 Å². The maximum Gasteiger partial charge on any atom is 0.323 e. The number of hydrogen-bond acceptors (Lipinski definition) is 7. The lowest BCUT2D eigenvalue weighted by Gasteiger charge is -2.07. The van der Waals surface area contributed by atoms with Crippen molar-refractivity contribution in [3.8, 4) is 6.01 Å². The van der Waals surface area contributed by atoms with Crippen LogP contribution in [0.15, 0.2) is 6.20 Å². The standard InChI is InChI=1S/C13H21N7O/c1-4-6-21-13-17-11(14)16-12(18-13)15-7-9-8-20(3)19-10(9)5-2/h8H,4-7H2,1-3H3,(H3,14,15,16,17,18). The number of rotatable bonds is 7. The van der Waals surface area contributed by atoms with Crippen LogP contribution in [0.5, 0.6) is 6.01 Å². The Labute approximate surface area is 123 Å². The van der Waals surface area contributed by atoms with Crippen molar-refractivity contribution in [1.82, 2.24) is 24.7 Å². The van der Waals surface area contributed by atoms with Crippen LogP contribution in [0, 0.1) is 0 Å². The van der Waals surface area contributed by atoms with Gasteiger partial charge in [-0.2, -0.15) is 20.1 Å². The first-order chi connectivity index (χ1) is 10.1. The summed E-state index contributed by atoms with van der Waals surface area (Å²) in [5, 5.41) is 7.52. The summed E-state index contributed by atoms with van der Waals surface area (Å²) in [5.74, 6) is 0.542. The average Bonchev–Trinajstić information content (AvgIpc) is 2.82. The van der Waals surface area contributed by atoms with Gasteiger partial charge in [-0.3, -0.25) is 4.68 Å². The van der Waals surface area contributed by atoms with Crippen LogP contribution < -0.4 is 15.8 Å². The molecule has 114 valence electrons. The molecule has 2 heterocycles. The van der Waals surface area contributed by atoms with Crippen molar-refractivity contribution < 1.29 is 4.74 Å². The van der Waals surface area contributed by atoms with Crippen LogP contribution in [0.1, 0.15) is 31.5 Å². The van der Waals surface area contributed by atoms with Gasteiger partial charge >= 0.3 is 6.01 Å². The number of aryl methyl sites for hydroxylation is 2. The molecule has 0 aliphatic heterocycles. The third kappa shape index (κ3) is 4.04. The third-order valence-electron chi connectivity index (χ3n) is 2.83. The minimum Gasteiger partial charge on any atom is -0.463 e. The van der Waals surface area contributed by atoms with E-state index in [4.69, 9.17) is 10.5 Å². The first-order valence-corrected chi connectivity index (χ1v) is 7.02. The highest BCUT2D eigenvalue weighted by Gasteiger charge is 2.08. The first kappa shape index (κ1) is 15.0. The van der Waals surface area contributed by atoms with Gasteiger partial charge in [0.2, 0.25) is 11.9 Å². The number of nitrogens with one attached hydrogen (secondary N) is 1. The van der Waals surface area contributed by atoms with Gasteiger partial charge < -0.3 is 15.8 Å². The van der Waals surface area contributed by atoms with Crippen LogP contribution in [-0.4, -0.2) is 31.3 Å². The van der Waals surface area contributed by atoms with Crippen LogP contribution in [0.2, 0.25) is 0 Å². The molecule has 0 radical (unpaired) electrons. The molecule has 0 aliphatic rings. The quantitative estimate of drug-likeness (QED) is 0.788. The fourth-order valence-electron chi connectivity index (χ4n) is 1.91. The zero-order valence-corrected chi connectivity index (χ0v) is 12.6. The summed E-state index contributed by atoms with van der Waals surface area (Å²) >= 11 is 0. The Bertz CT molecular complexity index is 596. The number of nitrogens with two attached hydrogens (primary N) is 1. The summed E-state index contributed by atoms with van der Waals surface area (Å²) in [4.78, 5) is 12.2. The molecule has 21 heavy (non-hydrogen) atoms. The number of aromatic nitrogens is 5. The second-order valence-corrected chi connectivity index (χ2v) is 4.63. The monoisotopic (exact) mass is 291 g/mol. The lowest BCUT2D eigenvalue weighted by Crippen LogP contribution is -2.10. The molecular weight excluding hydrogens is 270 g/mol. The predicted molar refractivity (Wildman–Crippen MR) is 79.9 cm³/mol. The van der Waals surface area contributed by atoms with Gasteiger partial charge in [0.25, 0.3) is 0 Å². The SMILES string of the molecule is CCCOc1nc(N)nc(NCc2cn(C)nc2CC)n1. The predicted octanol–water partition coefficient (Wildman–Crippen LogP) is 1.15. The van der Waals surface area contributed by atoms with Crippen molar-refractivity contribution >= 4 is 11.9 Å². The first-order valence-electron chi connectivity index (χ1n) is 7.02. The molecule has 0 amide bonds. The van der Waals surface area contributed by atoms with Crippen LogP contribution in [0.25, 0.3) is 0 Å². The van der Waals surface area contributed by atoms with Crippen molar-refractivity contribution in [3.05, 3.63) is 17.5 Å². The highest BCUT2D eigenvalue weighted by Crippen LogP contribution is 2.12. The maximum absolute atomic E-state index is 5.66. The molecule has 2 aromatic rings. The van der Waals surface area contributed by atoms with E-state index < -0.39 is 0 Å². The molecule has 0 atom stereocenters. The van der Waals surface area contributed by atoms with E-state index >= 15 is 0 Å². The number of hydrogen-bond donors (Lipinski definition) is 2. The molecule has 0 aromatic carbocycles. The minimum atomic E-state index is 0.139. The number of nitrogens with zero attached hydrogens (tertiary/aromatic N) is 5. The Hall–Kier alpha value is -2.38. The van der Waals surface area contributed by atoms with Crippen molar-refractivity contribution in [3.63, 3.8) is 0 Å². The van der Waals surface area contributed by atoms with E-state index in [0.717, 1.165) is 24.1 Å². The molecular formula is C13H21N7O. The molecule has 8 heteroatoms. The fraction of sp³-hybridized carbons (Fsp3) is 0.538. The molecule has 2 rings (SSSR count). The van der Waals surface area contributed by atoms with Gasteiger partial charge in [0, 0.05) is 25.4 Å². The Morgan fingerprint density at radius 1 is 1.29 bits per heavy atom. The van der Waals surface area contributed by atoms with Crippen LogP contribution in [-0.2, 0) is 20.0 Å². The van der Waals surface area contributed by atoms with Crippen LogP contribution >= 0.6 is 0 Å². The average molecular weight is 291 g/mol. The largest absolute Gasteiger partial charge is 0.463 e. The number of ether oxygens (including phenoxy) is 1. The summed E-state index contributed by atoms with van der Waals surface area (Å²) < 4.78 is 7.18. The van der Waals surface area contributed by atoms with E-state index in [-0.39, 0.29) is 12.0 Å². The molecule has 0 spiro atoms. The smallest absolute Gasteiger partial charge is 0.323 e. The van der Waals surface area contributed by atoms with E-state index in [1.165, 1.54) is 0 Å². The second kappa shape index (κ2) is 6.87. The zero-order chi connectivity index (χ0) is 15.2. The Morgan fingerprint density at radius 3 is 2.81 bits per heavy atom. The molecule has 0 saturated carbocycles. The van der Waals surface area contributed by atoms with Crippen molar-refractivity contribution in [2.24, 2.45) is 7.05 Å². The highest BCUT2D eigenvalue weighted by atomic mass is 16.5. The van der Waals surface area contributed by atoms with Gasteiger partial charge in [-0.1, -0.05) is 13.8 Å². The normalized spacial score (nSPS) is 10.6. The molecule has 0 unspecified atom stereocenters. The summed E-state index contributed by atoms with van der Waals surface area (Å²) in [6.07, 6.45) is 3.73. The van der Waals surface area contributed by atoms with Gasteiger partial charge in [0.05, 0.1) is 12.3 Å². The molecule has 8 nitrogen and oxygen atoms in total. The summed E-state index contributed by atoms with van der Waals surface area (Å²) in [5.41, 5.74) is 7.82. The van der Waals surface area contributed by atoms with Gasteiger partial charge in [0.1, 0.15) is 0 Å². The van der Waals surface area contributed by atoms with Gasteiger partial charge in [-0.05, 0) is 12.8 Å². The second-order valence-electron chi connectivity index (χ2n) is 4.63. The van der Waals surface area contributed by atoms with E-state index in [1.54, 1.807) is 4.68 Å². The number of nitrogen functional groups attached to an aromatic ring is 1. The fourth-order valence-corrected chi connectivity index (χ4v) is 1.91. The maximum atomic E-state index is 5.66. The minimum absolute atomic E-state index is 0.139. The van der Waals surface area contributed by atoms with Crippen molar-refractivity contribution in [1.29, 1.82) is 0 Å². The van der Waals surface area contributed by atoms with E-state index in [1.807, 2.05) is 20.2 Å². The molecule has 0 fully saturated rings. The van der Waals surface area contributed by atoms with Gasteiger partial charge in [0.15, 0.2) is 0 Å². The number of anilines is 2. The highest BCUT2D eigenvalue weighted by molar-refractivity contribution is 5.34.